The van der Waals surface area contributed by atoms with Gasteiger partial charge < -0.3 is 15.2 Å². The van der Waals surface area contributed by atoms with Gasteiger partial charge in [-0.1, -0.05) is 18.2 Å². The molecule has 1 atom stereocenters. The summed E-state index contributed by atoms with van der Waals surface area (Å²) < 4.78 is 4.82. The number of carbonyl (C=O) groups is 1. The van der Waals surface area contributed by atoms with Crippen LogP contribution in [0.1, 0.15) is 19.4 Å². The summed E-state index contributed by atoms with van der Waals surface area (Å²) in [6.45, 7) is 3.08. The molecule has 0 aliphatic rings. The number of hydrogen-bond acceptors (Lipinski definition) is 6. The van der Waals surface area contributed by atoms with Gasteiger partial charge >= 0.3 is 5.97 Å². The Balaban J connectivity index is 3.33. The Labute approximate surface area is 105 Å². The molecule has 1 unspecified atom stereocenters. The molecule has 0 saturated heterocycles. The molecule has 0 aromatic heterocycles. The highest BCUT2D eigenvalue weighted by atomic mass is 16.8. The van der Waals surface area contributed by atoms with E-state index in [2.05, 4.69) is 0 Å². The highest BCUT2D eigenvalue weighted by Crippen LogP contribution is 2.32. The number of rotatable bonds is 4. The van der Waals surface area contributed by atoms with Gasteiger partial charge in [-0.25, -0.2) is 4.79 Å². The van der Waals surface area contributed by atoms with Crippen LogP contribution in [0.25, 0.3) is 0 Å². The van der Waals surface area contributed by atoms with E-state index in [1.165, 1.54) is 25.1 Å². The highest BCUT2D eigenvalue weighted by molar-refractivity contribution is 5.88. The fourth-order valence-corrected chi connectivity index (χ4v) is 1.55. The molecule has 0 bridgehead atoms. The molecule has 0 heterocycles. The van der Waals surface area contributed by atoms with Gasteiger partial charge in [-0.15, -0.1) is 0 Å². The molecule has 0 saturated carbocycles. The van der Waals surface area contributed by atoms with Gasteiger partial charge in [0.2, 0.25) is 0 Å². The molecular formula is C12H13N2O4-. The molecule has 1 aromatic rings. The van der Waals surface area contributed by atoms with Gasteiger partial charge in [0.05, 0.1) is 18.4 Å². The molecular weight excluding hydrogens is 236 g/mol. The molecule has 1 aromatic carbocycles. The monoisotopic (exact) mass is 249 g/mol. The molecule has 0 spiro atoms. The maximum absolute atomic E-state index is 11.8. The largest absolute Gasteiger partial charge is 0.733 e. The Morgan fingerprint density at radius 3 is 2.72 bits per heavy atom. The fourth-order valence-electron chi connectivity index (χ4n) is 1.55. The van der Waals surface area contributed by atoms with Gasteiger partial charge in [-0.05, 0) is 19.9 Å². The number of esters is 1. The van der Waals surface area contributed by atoms with Gasteiger partial charge in [0, 0.05) is 5.56 Å². The van der Waals surface area contributed by atoms with Crippen molar-refractivity contribution in [2.75, 3.05) is 11.8 Å². The summed E-state index contributed by atoms with van der Waals surface area (Å²) in [7, 11) is 0. The molecule has 0 radical (unpaired) electrons. The number of nitrogens with zero attached hydrogens (tertiary/aromatic N) is 2. The van der Waals surface area contributed by atoms with Crippen LogP contribution in [0, 0.1) is 16.5 Å². The van der Waals surface area contributed by atoms with Crippen molar-refractivity contribution < 1.29 is 14.7 Å². The number of hydrogen-bond donors (Lipinski definition) is 1. The number of carbonyl (C=O) groups excluding carboxylic acids is 1. The fraction of sp³-hybridized carbons (Fsp3) is 0.333. The number of benzene rings is 1. The summed E-state index contributed by atoms with van der Waals surface area (Å²) in [5, 5.41) is 28.8. The topological polar surface area (TPSA) is 96.6 Å². The van der Waals surface area contributed by atoms with Crippen LogP contribution in [0.3, 0.4) is 0 Å². The molecule has 18 heavy (non-hydrogen) atoms. The molecule has 0 fully saturated rings. The van der Waals surface area contributed by atoms with E-state index in [1.54, 1.807) is 13.0 Å². The van der Waals surface area contributed by atoms with Crippen molar-refractivity contribution in [2.24, 2.45) is 0 Å². The molecule has 0 amide bonds. The maximum atomic E-state index is 11.8. The first kappa shape index (κ1) is 14.0. The van der Waals surface area contributed by atoms with Gasteiger partial charge in [-0.3, -0.25) is 5.21 Å². The number of anilines is 1. The Hall–Kier alpha value is -2.10. The zero-order valence-electron chi connectivity index (χ0n) is 10.1. The molecule has 0 aliphatic carbocycles. The third-order valence-electron chi connectivity index (χ3n) is 2.56. The van der Waals surface area contributed by atoms with E-state index in [4.69, 9.17) is 9.94 Å². The average Bonchev–Trinajstić information content (AvgIpc) is 2.38. The molecule has 0 aliphatic heterocycles. The first-order valence-electron chi connectivity index (χ1n) is 5.31. The Morgan fingerprint density at radius 1 is 1.61 bits per heavy atom. The molecule has 96 valence electrons. The van der Waals surface area contributed by atoms with Crippen molar-refractivity contribution in [2.45, 2.75) is 19.3 Å². The second kappa shape index (κ2) is 5.49. The van der Waals surface area contributed by atoms with Crippen LogP contribution in [-0.4, -0.2) is 17.8 Å². The minimum Gasteiger partial charge on any atom is -0.733 e. The van der Waals surface area contributed by atoms with Gasteiger partial charge in [-0.2, -0.15) is 5.26 Å². The van der Waals surface area contributed by atoms with E-state index in [0.717, 1.165) is 0 Å². The summed E-state index contributed by atoms with van der Waals surface area (Å²) >= 11 is 0. The molecule has 6 nitrogen and oxygen atoms in total. The minimum absolute atomic E-state index is 0.100. The summed E-state index contributed by atoms with van der Waals surface area (Å²) in [6.07, 6.45) is 0. The first-order chi connectivity index (χ1) is 8.47. The smallest absolute Gasteiger partial charge is 0.330 e. The Bertz CT molecular complexity index is 481. The van der Waals surface area contributed by atoms with E-state index in [1.807, 2.05) is 6.07 Å². The Kier molecular flexibility index (Phi) is 4.26. The van der Waals surface area contributed by atoms with Crippen LogP contribution in [0.2, 0.25) is 0 Å². The lowest BCUT2D eigenvalue weighted by Crippen LogP contribution is -2.34. The highest BCUT2D eigenvalue weighted by Gasteiger charge is 2.39. The lowest BCUT2D eigenvalue weighted by Gasteiger charge is -2.29. The van der Waals surface area contributed by atoms with Crippen LogP contribution in [0.4, 0.5) is 5.69 Å². The van der Waals surface area contributed by atoms with E-state index < -0.39 is 11.4 Å². The van der Waals surface area contributed by atoms with Crippen molar-refractivity contribution in [1.29, 1.82) is 5.26 Å². The lowest BCUT2D eigenvalue weighted by molar-refractivity contribution is -0.147. The summed E-state index contributed by atoms with van der Waals surface area (Å²) in [6, 6.07) is 7.65. The van der Waals surface area contributed by atoms with E-state index in [-0.39, 0.29) is 23.1 Å². The molecule has 1 N–H and O–H groups in total. The van der Waals surface area contributed by atoms with Crippen molar-refractivity contribution in [3.63, 3.8) is 0 Å². The SMILES string of the molecule is CCOC(=O)C(C)(C#N)c1ccccc1N([O-])O. The van der Waals surface area contributed by atoms with Gasteiger partial charge in [0.25, 0.3) is 0 Å². The van der Waals surface area contributed by atoms with Gasteiger partial charge in [0.15, 0.2) is 5.41 Å². The minimum atomic E-state index is -1.64. The van der Waals surface area contributed by atoms with Crippen LogP contribution in [-0.2, 0) is 14.9 Å². The van der Waals surface area contributed by atoms with Crippen molar-refractivity contribution in [3.8, 4) is 6.07 Å². The lowest BCUT2D eigenvalue weighted by atomic mass is 9.83. The van der Waals surface area contributed by atoms with E-state index in [0.29, 0.717) is 0 Å². The zero-order valence-corrected chi connectivity index (χ0v) is 10.1. The Morgan fingerprint density at radius 2 is 2.22 bits per heavy atom. The number of ether oxygens (including phenoxy) is 1. The standard InChI is InChI=1S/C12H13N2O4/c1-3-18-11(15)12(2,8-13)9-6-4-5-7-10(9)14(16)17/h4-7,16H,3H2,1-2H3/q-1. The zero-order chi connectivity index (χ0) is 13.8. The van der Waals surface area contributed by atoms with E-state index in [9.17, 15) is 15.3 Å². The molecule has 6 heteroatoms. The van der Waals surface area contributed by atoms with E-state index >= 15 is 0 Å². The van der Waals surface area contributed by atoms with Crippen LogP contribution in [0.15, 0.2) is 24.3 Å². The first-order valence-corrected chi connectivity index (χ1v) is 5.31. The van der Waals surface area contributed by atoms with Crippen molar-refractivity contribution >= 4 is 11.7 Å². The summed E-state index contributed by atoms with van der Waals surface area (Å²) in [5.74, 6) is -0.762. The predicted molar refractivity (Wildman–Crippen MR) is 63.7 cm³/mol. The third-order valence-corrected chi connectivity index (χ3v) is 2.56. The van der Waals surface area contributed by atoms with Crippen molar-refractivity contribution in [3.05, 3.63) is 35.0 Å². The second-order valence-corrected chi connectivity index (χ2v) is 3.75. The number of nitriles is 1. The molecule has 1 rings (SSSR count). The maximum Gasteiger partial charge on any atom is 0.330 e. The quantitative estimate of drug-likeness (QED) is 0.644. The normalized spacial score (nSPS) is 13.3. The average molecular weight is 249 g/mol. The van der Waals surface area contributed by atoms with Crippen LogP contribution < -0.4 is 5.23 Å². The van der Waals surface area contributed by atoms with Crippen LogP contribution >= 0.6 is 0 Å². The second-order valence-electron chi connectivity index (χ2n) is 3.75. The predicted octanol–water partition coefficient (Wildman–Crippen LogP) is 1.72. The van der Waals surface area contributed by atoms with Crippen LogP contribution in [0.5, 0.6) is 0 Å². The van der Waals surface area contributed by atoms with Gasteiger partial charge in [0.1, 0.15) is 0 Å². The third kappa shape index (κ3) is 2.42. The summed E-state index contributed by atoms with van der Waals surface area (Å²) in [5.41, 5.74) is -1.70. The summed E-state index contributed by atoms with van der Waals surface area (Å²) in [4.78, 5) is 11.8. The number of para-hydroxylation sites is 1. The van der Waals surface area contributed by atoms with Crippen molar-refractivity contribution in [1.82, 2.24) is 0 Å².